The molecule has 2 aliphatic heterocycles. The van der Waals surface area contributed by atoms with Gasteiger partial charge in [-0.1, -0.05) is 0 Å². The Labute approximate surface area is 130 Å². The van der Waals surface area contributed by atoms with E-state index in [2.05, 4.69) is 0 Å². The minimum Gasteiger partial charge on any atom is -0.462 e. The summed E-state index contributed by atoms with van der Waals surface area (Å²) in [5.41, 5.74) is -0.193. The second kappa shape index (κ2) is 4.68. The summed E-state index contributed by atoms with van der Waals surface area (Å²) >= 11 is 0. The molecular formula is C17H24O5. The van der Waals surface area contributed by atoms with E-state index in [-0.39, 0.29) is 42.4 Å². The summed E-state index contributed by atoms with van der Waals surface area (Å²) in [5, 5.41) is 0. The SMILES string of the molecule is C[C@H]1OO[C@@H](COC(=O)C23CC4CC(CC(C4)C2)C3)[C@H]2O[C@H]21. The fourth-order valence-electron chi connectivity index (χ4n) is 5.88. The quantitative estimate of drug-likeness (QED) is 0.454. The molecule has 0 N–H and O–H groups in total. The number of hydrogen-bond acceptors (Lipinski definition) is 5. The van der Waals surface area contributed by atoms with Crippen LogP contribution in [0, 0.1) is 23.2 Å². The summed E-state index contributed by atoms with van der Waals surface area (Å²) in [6.07, 6.45) is 6.98. The number of esters is 1. The van der Waals surface area contributed by atoms with E-state index in [1.807, 2.05) is 6.92 Å². The monoisotopic (exact) mass is 308 g/mol. The minimum atomic E-state index is -0.265. The predicted molar refractivity (Wildman–Crippen MR) is 75.6 cm³/mol. The van der Waals surface area contributed by atoms with E-state index in [0.29, 0.717) is 0 Å². The Hall–Kier alpha value is -0.650. The van der Waals surface area contributed by atoms with Gasteiger partial charge in [0.2, 0.25) is 0 Å². The lowest BCUT2D eigenvalue weighted by atomic mass is 9.49. The first kappa shape index (κ1) is 13.8. The van der Waals surface area contributed by atoms with Gasteiger partial charge in [0.15, 0.2) is 6.10 Å². The van der Waals surface area contributed by atoms with Crippen molar-refractivity contribution in [3.8, 4) is 0 Å². The number of hydrogen-bond donors (Lipinski definition) is 0. The molecule has 0 aromatic rings. The summed E-state index contributed by atoms with van der Waals surface area (Å²) in [5.74, 6) is 2.27. The number of rotatable bonds is 3. The number of ether oxygens (including phenoxy) is 2. The van der Waals surface area contributed by atoms with Gasteiger partial charge in [-0.25, -0.2) is 9.78 Å². The molecule has 2 saturated heterocycles. The zero-order valence-corrected chi connectivity index (χ0v) is 13.0. The molecule has 4 atom stereocenters. The summed E-state index contributed by atoms with van der Waals surface area (Å²) < 4.78 is 11.2. The molecule has 4 bridgehead atoms. The third kappa shape index (κ3) is 2.05. The molecule has 0 aromatic carbocycles. The Morgan fingerprint density at radius 3 is 2.32 bits per heavy atom. The molecule has 0 radical (unpaired) electrons. The first-order valence-electron chi connectivity index (χ1n) is 8.78. The molecule has 6 rings (SSSR count). The van der Waals surface area contributed by atoms with Gasteiger partial charge in [-0.3, -0.25) is 4.79 Å². The van der Waals surface area contributed by atoms with Crippen LogP contribution in [-0.4, -0.2) is 37.0 Å². The second-order valence-electron chi connectivity index (χ2n) is 8.30. The van der Waals surface area contributed by atoms with Gasteiger partial charge >= 0.3 is 5.97 Å². The van der Waals surface area contributed by atoms with E-state index < -0.39 is 0 Å². The van der Waals surface area contributed by atoms with Gasteiger partial charge in [0.25, 0.3) is 0 Å². The lowest BCUT2D eigenvalue weighted by molar-refractivity contribution is -0.364. The highest BCUT2D eigenvalue weighted by Crippen LogP contribution is 2.60. The Morgan fingerprint density at radius 2 is 1.68 bits per heavy atom. The van der Waals surface area contributed by atoms with Crippen molar-refractivity contribution in [3.63, 3.8) is 0 Å². The van der Waals surface area contributed by atoms with Crippen LogP contribution in [0.15, 0.2) is 0 Å². The molecule has 22 heavy (non-hydrogen) atoms. The highest BCUT2D eigenvalue weighted by molar-refractivity contribution is 5.77. The van der Waals surface area contributed by atoms with Crippen LogP contribution in [-0.2, 0) is 24.0 Å². The lowest BCUT2D eigenvalue weighted by Crippen LogP contribution is -2.51. The number of carbonyl (C=O) groups excluding carboxylic acids is 1. The lowest BCUT2D eigenvalue weighted by Gasteiger charge is -2.55. The van der Waals surface area contributed by atoms with Crippen LogP contribution < -0.4 is 0 Å². The molecule has 0 amide bonds. The molecule has 4 aliphatic carbocycles. The van der Waals surface area contributed by atoms with E-state index >= 15 is 0 Å². The topological polar surface area (TPSA) is 57.3 Å². The van der Waals surface area contributed by atoms with Crippen LogP contribution in [0.25, 0.3) is 0 Å². The predicted octanol–water partition coefficient (Wildman–Crippen LogP) is 2.23. The smallest absolute Gasteiger partial charge is 0.312 e. The second-order valence-corrected chi connectivity index (χ2v) is 8.30. The van der Waals surface area contributed by atoms with Gasteiger partial charge in [-0.05, 0) is 63.2 Å². The minimum absolute atomic E-state index is 0.00558. The standard InChI is InChI=1S/C17H24O5/c1-9-14-15(20-14)13(22-21-9)8-19-16(18)17-5-10-2-11(6-17)4-12(3-10)7-17/h9-15H,2-8H2,1H3/t9-,10?,11?,12?,13+,14+,15-,17?/m1/s1. The normalized spacial score (nSPS) is 54.9. The number of fused-ring (bicyclic) bond motifs is 1. The molecule has 6 fully saturated rings. The largest absolute Gasteiger partial charge is 0.462 e. The van der Waals surface area contributed by atoms with Crippen LogP contribution >= 0.6 is 0 Å². The Balaban J connectivity index is 1.22. The Bertz CT molecular complexity index is 454. The molecule has 0 spiro atoms. The molecular weight excluding hydrogens is 284 g/mol. The van der Waals surface area contributed by atoms with Crippen molar-refractivity contribution in [2.45, 2.75) is 69.9 Å². The Morgan fingerprint density at radius 1 is 1.05 bits per heavy atom. The van der Waals surface area contributed by atoms with Gasteiger partial charge in [0.1, 0.15) is 24.9 Å². The van der Waals surface area contributed by atoms with Crippen LogP contribution in [0.1, 0.15) is 45.4 Å². The molecule has 4 saturated carbocycles. The van der Waals surface area contributed by atoms with Crippen molar-refractivity contribution in [2.24, 2.45) is 23.2 Å². The van der Waals surface area contributed by atoms with Crippen molar-refractivity contribution < 1.29 is 24.0 Å². The molecule has 5 heteroatoms. The average molecular weight is 308 g/mol. The molecule has 6 aliphatic rings. The third-order valence-electron chi connectivity index (χ3n) is 6.57. The van der Waals surface area contributed by atoms with Gasteiger partial charge < -0.3 is 9.47 Å². The van der Waals surface area contributed by atoms with Crippen molar-refractivity contribution in [1.29, 1.82) is 0 Å². The first-order valence-corrected chi connectivity index (χ1v) is 8.78. The fraction of sp³-hybridized carbons (Fsp3) is 0.941. The first-order chi connectivity index (χ1) is 10.6. The van der Waals surface area contributed by atoms with Gasteiger partial charge in [0, 0.05) is 0 Å². The van der Waals surface area contributed by atoms with Gasteiger partial charge in [0.05, 0.1) is 5.41 Å². The maximum atomic E-state index is 12.8. The van der Waals surface area contributed by atoms with Gasteiger partial charge in [-0.15, -0.1) is 0 Å². The molecule has 0 aromatic heterocycles. The van der Waals surface area contributed by atoms with E-state index in [9.17, 15) is 4.79 Å². The molecule has 2 heterocycles. The van der Waals surface area contributed by atoms with Crippen LogP contribution in [0.5, 0.6) is 0 Å². The zero-order chi connectivity index (χ0) is 14.9. The maximum absolute atomic E-state index is 12.8. The summed E-state index contributed by atoms with van der Waals surface area (Å²) in [6.45, 7) is 2.19. The van der Waals surface area contributed by atoms with Crippen molar-refractivity contribution in [2.75, 3.05) is 6.61 Å². The van der Waals surface area contributed by atoms with Crippen LogP contribution in [0.2, 0.25) is 0 Å². The average Bonchev–Trinajstić information content (AvgIpc) is 3.26. The number of carbonyl (C=O) groups is 1. The van der Waals surface area contributed by atoms with E-state index in [0.717, 1.165) is 37.0 Å². The maximum Gasteiger partial charge on any atom is 0.312 e. The van der Waals surface area contributed by atoms with E-state index in [1.54, 1.807) is 0 Å². The molecule has 5 nitrogen and oxygen atoms in total. The highest BCUT2D eigenvalue weighted by Gasteiger charge is 2.57. The fourth-order valence-corrected chi connectivity index (χ4v) is 5.88. The van der Waals surface area contributed by atoms with E-state index in [4.69, 9.17) is 19.2 Å². The van der Waals surface area contributed by atoms with E-state index in [1.165, 1.54) is 19.3 Å². The van der Waals surface area contributed by atoms with Crippen molar-refractivity contribution in [1.82, 2.24) is 0 Å². The van der Waals surface area contributed by atoms with Crippen LogP contribution in [0.4, 0.5) is 0 Å². The summed E-state index contributed by atoms with van der Waals surface area (Å²) in [7, 11) is 0. The van der Waals surface area contributed by atoms with Crippen LogP contribution in [0.3, 0.4) is 0 Å². The van der Waals surface area contributed by atoms with Crippen molar-refractivity contribution in [3.05, 3.63) is 0 Å². The highest BCUT2D eigenvalue weighted by atomic mass is 17.2. The zero-order valence-electron chi connectivity index (χ0n) is 13.0. The molecule has 122 valence electrons. The number of epoxide rings is 1. The Kier molecular flexibility index (Phi) is 2.93. The van der Waals surface area contributed by atoms with Gasteiger partial charge in [-0.2, -0.15) is 0 Å². The summed E-state index contributed by atoms with van der Waals surface area (Å²) in [4.78, 5) is 23.3. The molecule has 0 unspecified atom stereocenters. The third-order valence-corrected chi connectivity index (χ3v) is 6.57. The van der Waals surface area contributed by atoms with Crippen molar-refractivity contribution >= 4 is 5.97 Å². The summed E-state index contributed by atoms with van der Waals surface area (Å²) in [6, 6.07) is 0.